The standard InChI is InChI=1S/C14H13NO3S/c1-9-14(19-8-15-9)13(16)10-3-4-11-12(7-10)18-6-2-5-17-11/h3-4,7-8H,2,5-6H2,1H3. The summed E-state index contributed by atoms with van der Waals surface area (Å²) < 4.78 is 11.1. The normalized spacial score (nSPS) is 13.9. The van der Waals surface area contributed by atoms with Crippen molar-refractivity contribution >= 4 is 17.1 Å². The molecule has 4 nitrogen and oxygen atoms in total. The summed E-state index contributed by atoms with van der Waals surface area (Å²) in [5.41, 5.74) is 3.06. The maximum absolute atomic E-state index is 12.4. The van der Waals surface area contributed by atoms with Crippen LogP contribution in [0, 0.1) is 6.92 Å². The van der Waals surface area contributed by atoms with Crippen molar-refractivity contribution in [1.82, 2.24) is 4.98 Å². The van der Waals surface area contributed by atoms with E-state index in [2.05, 4.69) is 4.98 Å². The number of carbonyl (C=O) groups excluding carboxylic acids is 1. The lowest BCUT2D eigenvalue weighted by Gasteiger charge is -2.08. The van der Waals surface area contributed by atoms with E-state index in [-0.39, 0.29) is 5.78 Å². The van der Waals surface area contributed by atoms with Gasteiger partial charge in [0.15, 0.2) is 11.5 Å². The van der Waals surface area contributed by atoms with Gasteiger partial charge in [0.2, 0.25) is 5.78 Å². The number of carbonyl (C=O) groups is 1. The van der Waals surface area contributed by atoms with Crippen molar-refractivity contribution in [2.75, 3.05) is 13.2 Å². The molecule has 0 atom stereocenters. The first kappa shape index (κ1) is 12.2. The molecule has 0 unspecified atom stereocenters. The molecular formula is C14H13NO3S. The third-order valence-electron chi connectivity index (χ3n) is 2.96. The van der Waals surface area contributed by atoms with E-state index in [1.165, 1.54) is 11.3 Å². The Labute approximate surface area is 115 Å². The quantitative estimate of drug-likeness (QED) is 0.791. The van der Waals surface area contributed by atoms with Crippen LogP contribution in [0.1, 0.15) is 27.3 Å². The van der Waals surface area contributed by atoms with Crippen molar-refractivity contribution in [3.05, 3.63) is 39.8 Å². The molecule has 5 heteroatoms. The number of aryl methyl sites for hydroxylation is 1. The Kier molecular flexibility index (Phi) is 3.21. The first-order chi connectivity index (χ1) is 9.25. The largest absolute Gasteiger partial charge is 0.490 e. The molecule has 0 radical (unpaired) electrons. The molecule has 0 amide bonds. The summed E-state index contributed by atoms with van der Waals surface area (Å²) in [6.07, 6.45) is 0.853. The number of nitrogens with zero attached hydrogens (tertiary/aromatic N) is 1. The number of ether oxygens (including phenoxy) is 2. The first-order valence-electron chi connectivity index (χ1n) is 6.10. The maximum Gasteiger partial charge on any atom is 0.204 e. The van der Waals surface area contributed by atoms with E-state index in [9.17, 15) is 4.79 Å². The zero-order chi connectivity index (χ0) is 13.2. The van der Waals surface area contributed by atoms with Gasteiger partial charge in [0.25, 0.3) is 0 Å². The summed E-state index contributed by atoms with van der Waals surface area (Å²) in [6.45, 7) is 3.10. The zero-order valence-corrected chi connectivity index (χ0v) is 11.3. The lowest BCUT2D eigenvalue weighted by atomic mass is 10.1. The van der Waals surface area contributed by atoms with Gasteiger partial charge < -0.3 is 9.47 Å². The Hall–Kier alpha value is -1.88. The summed E-state index contributed by atoms with van der Waals surface area (Å²) in [5, 5.41) is 0. The van der Waals surface area contributed by atoms with Crippen molar-refractivity contribution in [3.8, 4) is 11.5 Å². The molecule has 3 rings (SSSR count). The summed E-state index contributed by atoms with van der Waals surface area (Å²) in [4.78, 5) is 17.2. The second-order valence-electron chi connectivity index (χ2n) is 4.31. The molecule has 0 spiro atoms. The summed E-state index contributed by atoms with van der Waals surface area (Å²) in [5.74, 6) is 1.33. The van der Waals surface area contributed by atoms with E-state index in [1.54, 1.807) is 23.7 Å². The first-order valence-corrected chi connectivity index (χ1v) is 6.98. The Balaban J connectivity index is 1.96. The van der Waals surface area contributed by atoms with E-state index < -0.39 is 0 Å². The van der Waals surface area contributed by atoms with Crippen LogP contribution in [0.25, 0.3) is 0 Å². The highest BCUT2D eigenvalue weighted by Crippen LogP contribution is 2.31. The minimum Gasteiger partial charge on any atom is -0.490 e. The molecule has 1 aromatic heterocycles. The van der Waals surface area contributed by atoms with Gasteiger partial charge in [-0.25, -0.2) is 4.98 Å². The van der Waals surface area contributed by atoms with Gasteiger partial charge in [-0.05, 0) is 25.1 Å². The number of aromatic nitrogens is 1. The number of hydrogen-bond donors (Lipinski definition) is 0. The fourth-order valence-corrected chi connectivity index (χ4v) is 2.72. The number of thiazole rings is 1. The van der Waals surface area contributed by atoms with Gasteiger partial charge in [-0.2, -0.15) is 0 Å². The Morgan fingerprint density at radius 3 is 2.79 bits per heavy atom. The topological polar surface area (TPSA) is 48.4 Å². The second kappa shape index (κ2) is 5.01. The average Bonchev–Trinajstić information content (AvgIpc) is 2.72. The van der Waals surface area contributed by atoms with Crippen molar-refractivity contribution in [3.63, 3.8) is 0 Å². The summed E-state index contributed by atoms with van der Waals surface area (Å²) in [6, 6.07) is 5.32. The monoisotopic (exact) mass is 275 g/mol. The molecule has 98 valence electrons. The molecule has 0 fully saturated rings. The van der Waals surface area contributed by atoms with Gasteiger partial charge in [-0.1, -0.05) is 0 Å². The van der Waals surface area contributed by atoms with Gasteiger partial charge in [0.05, 0.1) is 29.3 Å². The molecule has 1 aliphatic heterocycles. The van der Waals surface area contributed by atoms with Crippen LogP contribution in [-0.2, 0) is 0 Å². The highest BCUT2D eigenvalue weighted by atomic mass is 32.1. The molecular weight excluding hydrogens is 262 g/mol. The maximum atomic E-state index is 12.4. The van der Waals surface area contributed by atoms with Crippen molar-refractivity contribution in [1.29, 1.82) is 0 Å². The predicted molar refractivity (Wildman–Crippen MR) is 72.3 cm³/mol. The number of benzene rings is 1. The number of hydrogen-bond acceptors (Lipinski definition) is 5. The van der Waals surface area contributed by atoms with E-state index >= 15 is 0 Å². The molecule has 0 saturated carbocycles. The minimum atomic E-state index is -0.0179. The highest BCUT2D eigenvalue weighted by Gasteiger charge is 2.17. The van der Waals surface area contributed by atoms with Crippen molar-refractivity contribution < 1.29 is 14.3 Å². The van der Waals surface area contributed by atoms with Crippen LogP contribution in [0.15, 0.2) is 23.7 Å². The van der Waals surface area contributed by atoms with Gasteiger partial charge in [-0.3, -0.25) is 4.79 Å². The minimum absolute atomic E-state index is 0.0179. The summed E-state index contributed by atoms with van der Waals surface area (Å²) in [7, 11) is 0. The molecule has 0 bridgehead atoms. The number of rotatable bonds is 2. The van der Waals surface area contributed by atoms with E-state index in [4.69, 9.17) is 9.47 Å². The molecule has 2 aromatic rings. The van der Waals surface area contributed by atoms with Crippen LogP contribution < -0.4 is 9.47 Å². The molecule has 1 aliphatic rings. The molecule has 0 saturated heterocycles. The van der Waals surface area contributed by atoms with Crippen molar-refractivity contribution in [2.24, 2.45) is 0 Å². The van der Waals surface area contributed by atoms with Crippen LogP contribution >= 0.6 is 11.3 Å². The van der Waals surface area contributed by atoms with Crippen LogP contribution in [-0.4, -0.2) is 24.0 Å². The molecule has 1 aromatic carbocycles. The van der Waals surface area contributed by atoms with Crippen molar-refractivity contribution in [2.45, 2.75) is 13.3 Å². The zero-order valence-electron chi connectivity index (χ0n) is 10.5. The van der Waals surface area contributed by atoms with E-state index in [0.29, 0.717) is 35.2 Å². The molecule has 2 heterocycles. The van der Waals surface area contributed by atoms with Crippen LogP contribution in [0.3, 0.4) is 0 Å². The average molecular weight is 275 g/mol. The smallest absolute Gasteiger partial charge is 0.204 e. The highest BCUT2D eigenvalue weighted by molar-refractivity contribution is 7.12. The third kappa shape index (κ3) is 2.33. The van der Waals surface area contributed by atoms with Crippen LogP contribution in [0.4, 0.5) is 0 Å². The molecule has 0 N–H and O–H groups in total. The van der Waals surface area contributed by atoms with Gasteiger partial charge in [-0.15, -0.1) is 11.3 Å². The predicted octanol–water partition coefficient (Wildman–Crippen LogP) is 2.84. The summed E-state index contributed by atoms with van der Waals surface area (Å²) >= 11 is 1.36. The van der Waals surface area contributed by atoms with Crippen LogP contribution in [0.5, 0.6) is 11.5 Å². The van der Waals surface area contributed by atoms with E-state index in [0.717, 1.165) is 12.1 Å². The Morgan fingerprint density at radius 1 is 1.26 bits per heavy atom. The fourth-order valence-electron chi connectivity index (χ4n) is 1.96. The molecule has 0 aliphatic carbocycles. The Morgan fingerprint density at radius 2 is 2.05 bits per heavy atom. The van der Waals surface area contributed by atoms with E-state index in [1.807, 2.05) is 6.92 Å². The molecule has 19 heavy (non-hydrogen) atoms. The van der Waals surface area contributed by atoms with Gasteiger partial charge in [0, 0.05) is 12.0 Å². The number of ketones is 1. The van der Waals surface area contributed by atoms with Gasteiger partial charge in [0.1, 0.15) is 0 Å². The fraction of sp³-hybridized carbons (Fsp3) is 0.286. The Bertz CT molecular complexity index is 621. The number of fused-ring (bicyclic) bond motifs is 1. The third-order valence-corrected chi connectivity index (χ3v) is 3.89. The SMILES string of the molecule is Cc1ncsc1C(=O)c1ccc2c(c1)OCCCO2. The van der Waals surface area contributed by atoms with Gasteiger partial charge >= 0.3 is 0 Å². The van der Waals surface area contributed by atoms with Crippen LogP contribution in [0.2, 0.25) is 0 Å². The lowest BCUT2D eigenvalue weighted by Crippen LogP contribution is -2.02. The lowest BCUT2D eigenvalue weighted by molar-refractivity contribution is 0.104. The second-order valence-corrected chi connectivity index (χ2v) is 5.16.